The summed E-state index contributed by atoms with van der Waals surface area (Å²) >= 11 is 0. The fraction of sp³-hybridized carbons (Fsp3) is 0.471. The molecule has 0 aliphatic carbocycles. The molecule has 1 amide bonds. The summed E-state index contributed by atoms with van der Waals surface area (Å²) in [5.74, 6) is 0.897. The zero-order valence-corrected chi connectivity index (χ0v) is 12.5. The molecule has 1 N–H and O–H groups in total. The number of hydrogen-bond donors (Lipinski definition) is 1. The average Bonchev–Trinajstić information content (AvgIpc) is 2.75. The number of fused-ring (bicyclic) bond motifs is 1. The van der Waals surface area contributed by atoms with Crippen LogP contribution in [0, 0.1) is 19.8 Å². The van der Waals surface area contributed by atoms with E-state index in [1.807, 2.05) is 11.8 Å². The van der Waals surface area contributed by atoms with E-state index in [9.17, 15) is 4.79 Å². The third-order valence-electron chi connectivity index (χ3n) is 4.50. The highest BCUT2D eigenvalue weighted by Crippen LogP contribution is 2.25. The van der Waals surface area contributed by atoms with Crippen LogP contribution in [0.3, 0.4) is 0 Å². The van der Waals surface area contributed by atoms with Gasteiger partial charge in [-0.25, -0.2) is 0 Å². The molecule has 20 heavy (non-hydrogen) atoms. The Bertz CT molecular complexity index is 648. The second kappa shape index (κ2) is 4.97. The first kappa shape index (κ1) is 13.2. The third-order valence-corrected chi connectivity index (χ3v) is 4.50. The topological polar surface area (TPSA) is 36.1 Å². The van der Waals surface area contributed by atoms with Crippen molar-refractivity contribution >= 4 is 16.8 Å². The van der Waals surface area contributed by atoms with Crippen LogP contribution < -0.4 is 0 Å². The summed E-state index contributed by atoms with van der Waals surface area (Å²) in [6.45, 7) is 8.14. The van der Waals surface area contributed by atoms with Crippen molar-refractivity contribution in [3.8, 4) is 0 Å². The molecule has 0 saturated carbocycles. The summed E-state index contributed by atoms with van der Waals surface area (Å²) < 4.78 is 0. The normalized spacial score (nSPS) is 16.9. The van der Waals surface area contributed by atoms with E-state index in [1.165, 1.54) is 5.56 Å². The number of amides is 1. The van der Waals surface area contributed by atoms with E-state index in [1.54, 1.807) is 0 Å². The number of piperidine rings is 1. The van der Waals surface area contributed by atoms with E-state index < -0.39 is 0 Å². The Morgan fingerprint density at radius 3 is 2.65 bits per heavy atom. The van der Waals surface area contributed by atoms with Crippen molar-refractivity contribution in [1.29, 1.82) is 0 Å². The second-order valence-corrected chi connectivity index (χ2v) is 6.15. The molecule has 3 nitrogen and oxygen atoms in total. The number of carbonyl (C=O) groups excluding carboxylic acids is 1. The minimum atomic E-state index is 0.156. The number of likely N-dealkylation sites (tertiary alicyclic amines) is 1. The first-order valence-electron chi connectivity index (χ1n) is 7.44. The predicted molar refractivity (Wildman–Crippen MR) is 82.1 cm³/mol. The fourth-order valence-electron chi connectivity index (χ4n) is 3.04. The molecule has 0 bridgehead atoms. The van der Waals surface area contributed by atoms with Gasteiger partial charge in [-0.2, -0.15) is 0 Å². The van der Waals surface area contributed by atoms with Gasteiger partial charge in [0.05, 0.1) is 0 Å². The van der Waals surface area contributed by atoms with Gasteiger partial charge in [-0.3, -0.25) is 4.79 Å². The van der Waals surface area contributed by atoms with Crippen molar-refractivity contribution in [1.82, 2.24) is 9.88 Å². The number of aryl methyl sites for hydroxylation is 2. The molecule has 0 unspecified atom stereocenters. The highest BCUT2D eigenvalue weighted by atomic mass is 16.2. The van der Waals surface area contributed by atoms with Crippen molar-refractivity contribution < 1.29 is 4.79 Å². The van der Waals surface area contributed by atoms with Crippen LogP contribution in [0.2, 0.25) is 0 Å². The number of nitrogens with one attached hydrogen (secondary N) is 1. The van der Waals surface area contributed by atoms with Crippen LogP contribution in [0.1, 0.15) is 41.4 Å². The maximum Gasteiger partial charge on any atom is 0.270 e. The van der Waals surface area contributed by atoms with E-state index in [2.05, 4.69) is 37.0 Å². The summed E-state index contributed by atoms with van der Waals surface area (Å²) in [6, 6.07) is 6.31. The number of rotatable bonds is 1. The lowest BCUT2D eigenvalue weighted by Gasteiger charge is -2.30. The van der Waals surface area contributed by atoms with Crippen LogP contribution >= 0.6 is 0 Å². The average molecular weight is 270 g/mol. The molecule has 3 rings (SSSR count). The van der Waals surface area contributed by atoms with Crippen molar-refractivity contribution in [3.05, 3.63) is 35.0 Å². The molecule has 3 heteroatoms. The molecule has 2 heterocycles. The van der Waals surface area contributed by atoms with Crippen LogP contribution in [-0.4, -0.2) is 28.9 Å². The number of carbonyl (C=O) groups is 1. The lowest BCUT2D eigenvalue weighted by Crippen LogP contribution is -2.38. The molecule has 1 aliphatic rings. The zero-order valence-electron chi connectivity index (χ0n) is 12.5. The maximum atomic E-state index is 12.7. The molecule has 1 aromatic heterocycles. The van der Waals surface area contributed by atoms with Gasteiger partial charge < -0.3 is 9.88 Å². The highest BCUT2D eigenvalue weighted by molar-refractivity contribution is 6.01. The Morgan fingerprint density at radius 2 is 1.95 bits per heavy atom. The van der Waals surface area contributed by atoms with Gasteiger partial charge in [-0.05, 0) is 49.8 Å². The molecule has 1 saturated heterocycles. The van der Waals surface area contributed by atoms with Crippen LogP contribution in [0.15, 0.2) is 18.2 Å². The molecular formula is C17H22N2O. The molecule has 2 aromatic rings. The van der Waals surface area contributed by atoms with Crippen molar-refractivity contribution in [2.45, 2.75) is 33.6 Å². The van der Waals surface area contributed by atoms with E-state index in [4.69, 9.17) is 0 Å². The van der Waals surface area contributed by atoms with Gasteiger partial charge in [0.15, 0.2) is 0 Å². The summed E-state index contributed by atoms with van der Waals surface area (Å²) in [6.07, 6.45) is 2.23. The first-order valence-corrected chi connectivity index (χ1v) is 7.44. The summed E-state index contributed by atoms with van der Waals surface area (Å²) in [5.41, 5.74) is 4.12. The Morgan fingerprint density at radius 1 is 1.25 bits per heavy atom. The third kappa shape index (κ3) is 2.21. The Balaban J connectivity index is 1.93. The number of hydrogen-bond acceptors (Lipinski definition) is 1. The number of H-pyrrole nitrogens is 1. The second-order valence-electron chi connectivity index (χ2n) is 6.15. The Hall–Kier alpha value is -1.77. The number of benzene rings is 1. The smallest absolute Gasteiger partial charge is 0.270 e. The van der Waals surface area contributed by atoms with Crippen molar-refractivity contribution in [3.63, 3.8) is 0 Å². The number of aromatic amines is 1. The van der Waals surface area contributed by atoms with Gasteiger partial charge in [0.25, 0.3) is 5.91 Å². The van der Waals surface area contributed by atoms with Gasteiger partial charge in [0.1, 0.15) is 5.69 Å². The van der Waals surface area contributed by atoms with Crippen LogP contribution in [0.25, 0.3) is 10.9 Å². The van der Waals surface area contributed by atoms with Crippen molar-refractivity contribution in [2.24, 2.45) is 5.92 Å². The molecule has 1 aliphatic heterocycles. The van der Waals surface area contributed by atoms with E-state index in [0.717, 1.165) is 54.0 Å². The molecule has 0 radical (unpaired) electrons. The van der Waals surface area contributed by atoms with Gasteiger partial charge in [-0.15, -0.1) is 0 Å². The first-order chi connectivity index (χ1) is 9.56. The molecule has 106 valence electrons. The van der Waals surface area contributed by atoms with Crippen molar-refractivity contribution in [2.75, 3.05) is 13.1 Å². The maximum absolute atomic E-state index is 12.7. The SMILES string of the molecule is Cc1ccc2c(C)c(C(=O)N3CCC(C)CC3)[nH]c2c1. The zero-order chi connectivity index (χ0) is 14.3. The highest BCUT2D eigenvalue weighted by Gasteiger charge is 2.24. The van der Waals surface area contributed by atoms with Gasteiger partial charge in [0.2, 0.25) is 0 Å². The Labute approximate surface area is 120 Å². The standard InChI is InChI=1S/C17H22N2O/c1-11-6-8-19(9-7-11)17(20)16-13(3)14-5-4-12(2)10-15(14)18-16/h4-5,10-11,18H,6-9H2,1-3H3. The molecular weight excluding hydrogens is 248 g/mol. The molecule has 1 aromatic carbocycles. The fourth-order valence-corrected chi connectivity index (χ4v) is 3.04. The quantitative estimate of drug-likeness (QED) is 0.843. The van der Waals surface area contributed by atoms with Gasteiger partial charge in [0, 0.05) is 24.0 Å². The van der Waals surface area contributed by atoms with E-state index >= 15 is 0 Å². The van der Waals surface area contributed by atoms with Crippen LogP contribution in [-0.2, 0) is 0 Å². The molecule has 1 fully saturated rings. The number of aromatic nitrogens is 1. The molecule has 0 spiro atoms. The lowest BCUT2D eigenvalue weighted by molar-refractivity contribution is 0.0691. The molecule has 0 atom stereocenters. The minimum Gasteiger partial charge on any atom is -0.350 e. The summed E-state index contributed by atoms with van der Waals surface area (Å²) in [4.78, 5) is 18.0. The van der Waals surface area contributed by atoms with Gasteiger partial charge >= 0.3 is 0 Å². The van der Waals surface area contributed by atoms with E-state index in [-0.39, 0.29) is 5.91 Å². The minimum absolute atomic E-state index is 0.156. The van der Waals surface area contributed by atoms with Crippen LogP contribution in [0.4, 0.5) is 0 Å². The number of nitrogens with zero attached hydrogens (tertiary/aromatic N) is 1. The monoisotopic (exact) mass is 270 g/mol. The largest absolute Gasteiger partial charge is 0.350 e. The lowest BCUT2D eigenvalue weighted by atomic mass is 9.99. The van der Waals surface area contributed by atoms with Gasteiger partial charge in [-0.1, -0.05) is 19.1 Å². The predicted octanol–water partition coefficient (Wildman–Crippen LogP) is 3.66. The summed E-state index contributed by atoms with van der Waals surface area (Å²) in [7, 11) is 0. The Kier molecular flexibility index (Phi) is 3.28. The summed E-state index contributed by atoms with van der Waals surface area (Å²) in [5, 5.41) is 1.16. The van der Waals surface area contributed by atoms with Crippen LogP contribution in [0.5, 0.6) is 0 Å². The van der Waals surface area contributed by atoms with E-state index in [0.29, 0.717) is 0 Å².